The number of halogens is 3. The van der Waals surface area contributed by atoms with E-state index in [-0.39, 0.29) is 30.7 Å². The molecule has 0 aliphatic heterocycles. The van der Waals surface area contributed by atoms with Gasteiger partial charge in [0, 0.05) is 23.9 Å². The lowest BCUT2D eigenvalue weighted by molar-refractivity contribution is -0.157. The van der Waals surface area contributed by atoms with Crippen LogP contribution in [0.1, 0.15) is 43.9 Å². The Morgan fingerprint density at radius 3 is 2.14 bits per heavy atom. The fraction of sp³-hybridized carbons (Fsp3) is 0.290. The molecule has 3 amide bonds. The standard InChI is InChI=1S/C31H32F3N3O7/c1-30(2,3)44-28(41)18-43-25-17-22(14-10-20(25)11-15-27(39)40)35-26(38)16-19-8-12-21(13-9-19)36-29(42)37-24-7-5-4-6-23(24)31(32,33)34/h4-10,12-14,17H,11,15-16,18H2,1-3H3,(H,35,38)(H,39,40)(H2,36,37,42). The van der Waals surface area contributed by atoms with Crippen LogP contribution in [0, 0.1) is 0 Å². The quantitative estimate of drug-likeness (QED) is 0.186. The zero-order chi connectivity index (χ0) is 32.5. The van der Waals surface area contributed by atoms with Crippen molar-refractivity contribution in [1.29, 1.82) is 0 Å². The second-order valence-corrected chi connectivity index (χ2v) is 10.6. The molecule has 0 bridgehead atoms. The van der Waals surface area contributed by atoms with Crippen LogP contribution in [0.15, 0.2) is 66.7 Å². The van der Waals surface area contributed by atoms with Gasteiger partial charge in [-0.05, 0) is 68.7 Å². The minimum atomic E-state index is -4.64. The van der Waals surface area contributed by atoms with Crippen molar-refractivity contribution in [3.05, 3.63) is 83.4 Å². The summed E-state index contributed by atoms with van der Waals surface area (Å²) in [4.78, 5) is 48.2. The maximum atomic E-state index is 13.2. The molecule has 0 heterocycles. The number of rotatable bonds is 11. The molecule has 0 aliphatic carbocycles. The molecule has 234 valence electrons. The average molecular weight is 616 g/mol. The van der Waals surface area contributed by atoms with Crippen molar-refractivity contribution in [2.45, 2.75) is 51.8 Å². The summed E-state index contributed by atoms with van der Waals surface area (Å²) >= 11 is 0. The highest BCUT2D eigenvalue weighted by molar-refractivity contribution is 6.00. The fourth-order valence-electron chi connectivity index (χ4n) is 3.94. The lowest BCUT2D eigenvalue weighted by Gasteiger charge is -2.20. The second-order valence-electron chi connectivity index (χ2n) is 10.6. The average Bonchev–Trinajstić information content (AvgIpc) is 2.91. The van der Waals surface area contributed by atoms with Gasteiger partial charge < -0.3 is 30.5 Å². The van der Waals surface area contributed by atoms with E-state index in [1.807, 2.05) is 0 Å². The van der Waals surface area contributed by atoms with Gasteiger partial charge in [0.25, 0.3) is 0 Å². The molecule has 10 nitrogen and oxygen atoms in total. The van der Waals surface area contributed by atoms with Crippen LogP contribution in [0.4, 0.5) is 35.0 Å². The van der Waals surface area contributed by atoms with Gasteiger partial charge in [0.1, 0.15) is 11.4 Å². The highest BCUT2D eigenvalue weighted by Gasteiger charge is 2.33. The Morgan fingerprint density at radius 1 is 0.841 bits per heavy atom. The Hall–Kier alpha value is -5.07. The first-order valence-corrected chi connectivity index (χ1v) is 13.4. The number of hydrogen-bond acceptors (Lipinski definition) is 6. The third kappa shape index (κ3) is 11.0. The molecule has 0 unspecified atom stereocenters. The van der Waals surface area contributed by atoms with Gasteiger partial charge in [-0.3, -0.25) is 9.59 Å². The monoisotopic (exact) mass is 615 g/mol. The fourth-order valence-corrected chi connectivity index (χ4v) is 3.94. The number of amides is 3. The molecule has 44 heavy (non-hydrogen) atoms. The van der Waals surface area contributed by atoms with Crippen molar-refractivity contribution in [3.8, 4) is 5.75 Å². The summed E-state index contributed by atoms with van der Waals surface area (Å²) in [6.07, 6.45) is -4.72. The molecule has 3 aromatic rings. The minimum Gasteiger partial charge on any atom is -0.482 e. The molecular weight excluding hydrogens is 583 g/mol. The van der Waals surface area contributed by atoms with E-state index in [2.05, 4.69) is 16.0 Å². The number of carboxylic acid groups (broad SMARTS) is 1. The van der Waals surface area contributed by atoms with E-state index in [0.717, 1.165) is 12.1 Å². The lowest BCUT2D eigenvalue weighted by Crippen LogP contribution is -2.27. The van der Waals surface area contributed by atoms with Crippen LogP contribution in [0.2, 0.25) is 0 Å². The molecule has 4 N–H and O–H groups in total. The van der Waals surface area contributed by atoms with Crippen LogP contribution in [-0.2, 0) is 38.1 Å². The number of carboxylic acids is 1. The summed E-state index contributed by atoms with van der Waals surface area (Å²) in [5, 5.41) is 16.4. The third-order valence-electron chi connectivity index (χ3n) is 5.78. The number of benzene rings is 3. The van der Waals surface area contributed by atoms with Gasteiger partial charge in [-0.1, -0.05) is 30.3 Å². The molecule has 0 aromatic heterocycles. The van der Waals surface area contributed by atoms with Crippen LogP contribution in [0.5, 0.6) is 5.75 Å². The van der Waals surface area contributed by atoms with Gasteiger partial charge >= 0.3 is 24.1 Å². The van der Waals surface area contributed by atoms with E-state index in [4.69, 9.17) is 14.6 Å². The van der Waals surface area contributed by atoms with E-state index >= 15 is 0 Å². The first-order chi connectivity index (χ1) is 20.6. The predicted molar refractivity (Wildman–Crippen MR) is 157 cm³/mol. The largest absolute Gasteiger partial charge is 0.482 e. The van der Waals surface area contributed by atoms with E-state index in [1.165, 1.54) is 30.3 Å². The number of anilines is 3. The number of urea groups is 1. The number of carbonyl (C=O) groups excluding carboxylic acids is 3. The normalized spacial score (nSPS) is 11.3. The number of carbonyl (C=O) groups is 4. The smallest absolute Gasteiger partial charge is 0.418 e. The molecule has 0 spiro atoms. The number of para-hydroxylation sites is 1. The Morgan fingerprint density at radius 2 is 1.50 bits per heavy atom. The van der Waals surface area contributed by atoms with Crippen LogP contribution in [0.25, 0.3) is 0 Å². The van der Waals surface area contributed by atoms with Gasteiger partial charge in [0.05, 0.1) is 17.7 Å². The van der Waals surface area contributed by atoms with Crippen LogP contribution < -0.4 is 20.7 Å². The molecule has 0 fully saturated rings. The number of alkyl halides is 3. The van der Waals surface area contributed by atoms with Crippen molar-refractivity contribution < 1.29 is 46.9 Å². The topological polar surface area (TPSA) is 143 Å². The Balaban J connectivity index is 1.60. The van der Waals surface area contributed by atoms with Crippen LogP contribution >= 0.6 is 0 Å². The SMILES string of the molecule is CC(C)(C)OC(=O)COc1cc(NC(=O)Cc2ccc(NC(=O)Nc3ccccc3C(F)(F)F)cc2)ccc1CCC(=O)O. The Bertz CT molecular complexity index is 1500. The van der Waals surface area contributed by atoms with Crippen LogP contribution in [0.3, 0.4) is 0 Å². The van der Waals surface area contributed by atoms with Crippen molar-refractivity contribution in [1.82, 2.24) is 0 Å². The zero-order valence-electron chi connectivity index (χ0n) is 24.2. The maximum Gasteiger partial charge on any atom is 0.418 e. The summed E-state index contributed by atoms with van der Waals surface area (Å²) in [7, 11) is 0. The third-order valence-corrected chi connectivity index (χ3v) is 5.78. The molecular formula is C31H32F3N3O7. The lowest BCUT2D eigenvalue weighted by atomic mass is 10.1. The van der Waals surface area contributed by atoms with Gasteiger partial charge in [0.2, 0.25) is 5.91 Å². The molecule has 0 saturated heterocycles. The molecule has 0 saturated carbocycles. The number of ether oxygens (including phenoxy) is 2. The van der Waals surface area contributed by atoms with Crippen LogP contribution in [-0.4, -0.2) is 41.2 Å². The first-order valence-electron chi connectivity index (χ1n) is 13.4. The zero-order valence-corrected chi connectivity index (χ0v) is 24.2. The highest BCUT2D eigenvalue weighted by Crippen LogP contribution is 2.34. The van der Waals surface area contributed by atoms with Crippen molar-refractivity contribution >= 4 is 40.9 Å². The highest BCUT2D eigenvalue weighted by atomic mass is 19.4. The van der Waals surface area contributed by atoms with E-state index in [0.29, 0.717) is 22.5 Å². The second kappa shape index (κ2) is 14.4. The number of esters is 1. The summed E-state index contributed by atoms with van der Waals surface area (Å²) in [6, 6.07) is 14.5. The van der Waals surface area contributed by atoms with Crippen molar-refractivity contribution in [3.63, 3.8) is 0 Å². The number of aryl methyl sites for hydroxylation is 1. The van der Waals surface area contributed by atoms with Gasteiger partial charge in [0.15, 0.2) is 6.61 Å². The molecule has 0 aliphatic rings. The molecule has 13 heteroatoms. The van der Waals surface area contributed by atoms with E-state index in [1.54, 1.807) is 45.0 Å². The maximum absolute atomic E-state index is 13.2. The predicted octanol–water partition coefficient (Wildman–Crippen LogP) is 6.27. The van der Waals surface area contributed by atoms with E-state index in [9.17, 15) is 32.3 Å². The van der Waals surface area contributed by atoms with Gasteiger partial charge in [-0.2, -0.15) is 13.2 Å². The molecule has 3 aromatic carbocycles. The number of aliphatic carboxylic acids is 1. The van der Waals surface area contributed by atoms with Gasteiger partial charge in [-0.25, -0.2) is 9.59 Å². The van der Waals surface area contributed by atoms with Gasteiger partial charge in [-0.15, -0.1) is 0 Å². The van der Waals surface area contributed by atoms with Crippen molar-refractivity contribution in [2.24, 2.45) is 0 Å². The molecule has 3 rings (SSSR count). The first kappa shape index (κ1) is 33.4. The Kier molecular flexibility index (Phi) is 10.9. The summed E-state index contributed by atoms with van der Waals surface area (Å²) in [5.74, 6) is -1.79. The molecule has 0 atom stereocenters. The molecule has 0 radical (unpaired) electrons. The van der Waals surface area contributed by atoms with Crippen molar-refractivity contribution in [2.75, 3.05) is 22.6 Å². The van der Waals surface area contributed by atoms with E-state index < -0.39 is 47.8 Å². The summed E-state index contributed by atoms with van der Waals surface area (Å²) in [5.41, 5.74) is -0.334. The number of nitrogens with one attached hydrogen (secondary N) is 3. The number of hydrogen-bond donors (Lipinski definition) is 4. The Labute approximate surface area is 251 Å². The minimum absolute atomic E-state index is 0.0553. The summed E-state index contributed by atoms with van der Waals surface area (Å²) in [6.45, 7) is 4.72. The summed E-state index contributed by atoms with van der Waals surface area (Å²) < 4.78 is 50.4.